The average molecular weight is 475 g/mol. The van der Waals surface area contributed by atoms with Gasteiger partial charge in [-0.3, -0.25) is 14.9 Å². The molecule has 6 nitrogen and oxygen atoms in total. The fraction of sp³-hybridized carbons (Fsp3) is 0.222. The minimum atomic E-state index is -0.536. The molecular weight excluding hydrogens is 448 g/mol. The molecule has 4 N–H and O–H groups in total. The number of amides is 1. The predicted molar refractivity (Wildman–Crippen MR) is 135 cm³/mol. The van der Waals surface area contributed by atoms with Gasteiger partial charge in [-0.05, 0) is 65.8 Å². The number of rotatable bonds is 8. The Morgan fingerprint density at radius 2 is 2.09 bits per heavy atom. The van der Waals surface area contributed by atoms with Crippen LogP contribution in [-0.2, 0) is 24.2 Å². The standard InChI is InChI=1S/C27H27ClN4O2/c28-26-11-8-21(30-26)17-32(14-13-20-16-29-24-4-2-1-3-22(20)24)25-10-7-19-15-18(5-9-23(19)25)6-12-27(33)31-34/h1-6,8-9,11-12,15-16,25,29-30,34H,7,10,13-14,17H2,(H,31,33)/b12-6+. The van der Waals surface area contributed by atoms with Crippen LogP contribution in [0.15, 0.2) is 66.9 Å². The van der Waals surface area contributed by atoms with Gasteiger partial charge in [0, 0.05) is 48.0 Å². The van der Waals surface area contributed by atoms with Gasteiger partial charge in [0.05, 0.1) is 0 Å². The maximum Gasteiger partial charge on any atom is 0.267 e. The smallest absolute Gasteiger partial charge is 0.267 e. The van der Waals surface area contributed by atoms with E-state index < -0.39 is 5.91 Å². The molecule has 174 valence electrons. The summed E-state index contributed by atoms with van der Waals surface area (Å²) < 4.78 is 0. The largest absolute Gasteiger partial charge is 0.361 e. The number of fused-ring (bicyclic) bond motifs is 2. The summed E-state index contributed by atoms with van der Waals surface area (Å²) in [5.74, 6) is -0.536. The highest BCUT2D eigenvalue weighted by molar-refractivity contribution is 6.29. The maximum absolute atomic E-state index is 11.3. The molecule has 0 radical (unpaired) electrons. The number of aromatic amines is 2. The van der Waals surface area contributed by atoms with Crippen LogP contribution in [0.2, 0.25) is 5.15 Å². The van der Waals surface area contributed by atoms with Gasteiger partial charge in [-0.25, -0.2) is 5.48 Å². The number of halogens is 1. The van der Waals surface area contributed by atoms with E-state index in [2.05, 4.69) is 63.5 Å². The van der Waals surface area contributed by atoms with Gasteiger partial charge in [0.2, 0.25) is 0 Å². The first kappa shape index (κ1) is 22.5. The average Bonchev–Trinajstić information content (AvgIpc) is 3.58. The summed E-state index contributed by atoms with van der Waals surface area (Å²) in [5, 5.41) is 10.6. The third-order valence-corrected chi connectivity index (χ3v) is 6.84. The van der Waals surface area contributed by atoms with Gasteiger partial charge in [0.25, 0.3) is 5.91 Å². The zero-order valence-electron chi connectivity index (χ0n) is 18.7. The van der Waals surface area contributed by atoms with Crippen LogP contribution in [0, 0.1) is 0 Å². The summed E-state index contributed by atoms with van der Waals surface area (Å²) >= 11 is 6.16. The second-order valence-electron chi connectivity index (χ2n) is 8.73. The number of nitrogens with one attached hydrogen (secondary N) is 3. The molecule has 4 aromatic rings. The van der Waals surface area contributed by atoms with Gasteiger partial charge in [0.1, 0.15) is 5.15 Å². The Hall–Kier alpha value is -3.32. The molecule has 1 atom stereocenters. The van der Waals surface area contributed by atoms with Crippen molar-refractivity contribution in [1.29, 1.82) is 0 Å². The van der Waals surface area contributed by atoms with Crippen LogP contribution in [0.4, 0.5) is 0 Å². The van der Waals surface area contributed by atoms with Crippen molar-refractivity contribution in [2.24, 2.45) is 0 Å². The molecular formula is C27H27ClN4O2. The molecule has 1 aliphatic rings. The minimum Gasteiger partial charge on any atom is -0.361 e. The zero-order valence-corrected chi connectivity index (χ0v) is 19.5. The summed E-state index contributed by atoms with van der Waals surface area (Å²) in [4.78, 5) is 20.5. The number of carbonyl (C=O) groups is 1. The van der Waals surface area contributed by atoms with E-state index in [1.165, 1.54) is 33.7 Å². The van der Waals surface area contributed by atoms with Crippen LogP contribution in [0.3, 0.4) is 0 Å². The van der Waals surface area contributed by atoms with E-state index in [1.807, 2.05) is 12.1 Å². The van der Waals surface area contributed by atoms with Crippen LogP contribution >= 0.6 is 11.6 Å². The predicted octanol–water partition coefficient (Wildman–Crippen LogP) is 5.40. The second kappa shape index (κ2) is 9.89. The van der Waals surface area contributed by atoms with E-state index >= 15 is 0 Å². The van der Waals surface area contributed by atoms with E-state index in [0.717, 1.165) is 43.6 Å². The van der Waals surface area contributed by atoms with Crippen molar-refractivity contribution in [2.45, 2.75) is 31.8 Å². The summed E-state index contributed by atoms with van der Waals surface area (Å²) in [5.41, 5.74) is 8.81. The van der Waals surface area contributed by atoms with E-state index in [-0.39, 0.29) is 0 Å². The number of H-pyrrole nitrogens is 2. The Morgan fingerprint density at radius 3 is 2.91 bits per heavy atom. The molecule has 0 saturated heterocycles. The molecule has 0 bridgehead atoms. The lowest BCUT2D eigenvalue weighted by Gasteiger charge is -2.29. The molecule has 0 fully saturated rings. The monoisotopic (exact) mass is 474 g/mol. The van der Waals surface area contributed by atoms with E-state index in [0.29, 0.717) is 11.2 Å². The molecule has 2 aromatic carbocycles. The van der Waals surface area contributed by atoms with Gasteiger partial charge in [-0.1, -0.05) is 48.0 Å². The first-order chi connectivity index (χ1) is 16.6. The van der Waals surface area contributed by atoms with Gasteiger partial charge < -0.3 is 9.97 Å². The van der Waals surface area contributed by atoms with Crippen molar-refractivity contribution in [3.05, 3.63) is 100.0 Å². The van der Waals surface area contributed by atoms with Crippen molar-refractivity contribution in [2.75, 3.05) is 6.54 Å². The van der Waals surface area contributed by atoms with Crippen molar-refractivity contribution < 1.29 is 10.0 Å². The SMILES string of the molecule is O=C(/C=C/c1ccc2c(c1)CCC2N(CCc1c[nH]c2ccccc12)Cc1ccc(Cl)[nH]1)NO. The lowest BCUT2D eigenvalue weighted by Crippen LogP contribution is -2.29. The Morgan fingerprint density at radius 1 is 1.21 bits per heavy atom. The van der Waals surface area contributed by atoms with Crippen LogP contribution in [0.1, 0.15) is 40.4 Å². The molecule has 0 spiro atoms. The fourth-order valence-corrected chi connectivity index (χ4v) is 5.16. The number of aromatic nitrogens is 2. The summed E-state index contributed by atoms with van der Waals surface area (Å²) in [6.45, 7) is 1.71. The zero-order chi connectivity index (χ0) is 23.5. The van der Waals surface area contributed by atoms with Gasteiger partial charge >= 0.3 is 0 Å². The number of hydroxylamine groups is 1. The quantitative estimate of drug-likeness (QED) is 0.157. The molecule has 1 unspecified atom stereocenters. The highest BCUT2D eigenvalue weighted by Crippen LogP contribution is 2.37. The maximum atomic E-state index is 11.3. The molecule has 0 saturated carbocycles. The Kier molecular flexibility index (Phi) is 6.54. The molecule has 7 heteroatoms. The topological polar surface area (TPSA) is 84.2 Å². The van der Waals surface area contributed by atoms with E-state index in [9.17, 15) is 4.79 Å². The lowest BCUT2D eigenvalue weighted by atomic mass is 10.0. The number of hydrogen-bond acceptors (Lipinski definition) is 3. The molecule has 2 heterocycles. The van der Waals surface area contributed by atoms with Crippen molar-refractivity contribution in [1.82, 2.24) is 20.3 Å². The van der Waals surface area contributed by atoms with Crippen molar-refractivity contribution >= 4 is 34.5 Å². The van der Waals surface area contributed by atoms with Crippen LogP contribution in [0.5, 0.6) is 0 Å². The van der Waals surface area contributed by atoms with Crippen LogP contribution in [0.25, 0.3) is 17.0 Å². The third-order valence-electron chi connectivity index (χ3n) is 6.62. The van der Waals surface area contributed by atoms with Crippen LogP contribution < -0.4 is 5.48 Å². The Bertz CT molecular complexity index is 1340. The van der Waals surface area contributed by atoms with Gasteiger partial charge in [-0.2, -0.15) is 0 Å². The fourth-order valence-electron chi connectivity index (χ4n) is 4.98. The number of nitrogens with zero attached hydrogens (tertiary/aromatic N) is 1. The molecule has 2 aromatic heterocycles. The number of aryl methyl sites for hydroxylation is 1. The Balaban J connectivity index is 1.38. The lowest BCUT2D eigenvalue weighted by molar-refractivity contribution is -0.124. The van der Waals surface area contributed by atoms with Crippen molar-refractivity contribution in [3.63, 3.8) is 0 Å². The van der Waals surface area contributed by atoms with Gasteiger partial charge in [-0.15, -0.1) is 0 Å². The highest BCUT2D eigenvalue weighted by atomic mass is 35.5. The molecule has 5 rings (SSSR count). The number of carbonyl (C=O) groups excluding carboxylic acids is 1. The Labute approximate surface area is 203 Å². The molecule has 0 aliphatic heterocycles. The molecule has 34 heavy (non-hydrogen) atoms. The summed E-state index contributed by atoms with van der Waals surface area (Å²) in [6.07, 6.45) is 8.15. The highest BCUT2D eigenvalue weighted by Gasteiger charge is 2.28. The molecule has 1 amide bonds. The third kappa shape index (κ3) is 4.80. The van der Waals surface area contributed by atoms with E-state index in [4.69, 9.17) is 16.8 Å². The number of hydrogen-bond donors (Lipinski definition) is 4. The van der Waals surface area contributed by atoms with E-state index in [1.54, 1.807) is 11.6 Å². The van der Waals surface area contributed by atoms with Crippen LogP contribution in [-0.4, -0.2) is 32.5 Å². The first-order valence-electron chi connectivity index (χ1n) is 11.5. The first-order valence-corrected chi connectivity index (χ1v) is 11.9. The number of para-hydroxylation sites is 1. The second-order valence-corrected chi connectivity index (χ2v) is 9.14. The summed E-state index contributed by atoms with van der Waals surface area (Å²) in [6, 6.07) is 19.0. The van der Waals surface area contributed by atoms with Crippen molar-refractivity contribution in [3.8, 4) is 0 Å². The number of benzene rings is 2. The summed E-state index contributed by atoms with van der Waals surface area (Å²) in [7, 11) is 0. The minimum absolute atomic E-state index is 0.307. The molecule has 1 aliphatic carbocycles. The normalized spacial score (nSPS) is 15.4. The van der Waals surface area contributed by atoms with Gasteiger partial charge in [0.15, 0.2) is 0 Å².